The van der Waals surface area contributed by atoms with Crippen LogP contribution in [-0.2, 0) is 4.79 Å². The first-order valence-corrected chi connectivity index (χ1v) is 7.93. The molecule has 2 saturated heterocycles. The molecular weight excluding hydrogens is 296 g/mol. The molecule has 0 saturated carbocycles. The Morgan fingerprint density at radius 1 is 1.17 bits per heavy atom. The Hall–Kier alpha value is -1.99. The molecule has 0 aliphatic carbocycles. The Labute approximate surface area is 135 Å². The van der Waals surface area contributed by atoms with Crippen molar-refractivity contribution < 1.29 is 14.7 Å². The maximum atomic E-state index is 12.5. The SMILES string of the molecule is CC(=O)N1CCN([C@@H]2CN(C(=O)c3cccnc3)C[C@H]2O)CC1. The lowest BCUT2D eigenvalue weighted by atomic mass is 10.1. The number of likely N-dealkylation sites (tertiary alicyclic amines) is 1. The molecule has 0 unspecified atom stereocenters. The molecule has 2 atom stereocenters. The van der Waals surface area contributed by atoms with E-state index in [1.807, 2.05) is 4.90 Å². The average molecular weight is 318 g/mol. The molecule has 0 spiro atoms. The van der Waals surface area contributed by atoms with Crippen molar-refractivity contribution in [3.8, 4) is 0 Å². The van der Waals surface area contributed by atoms with Crippen molar-refractivity contribution >= 4 is 11.8 Å². The third-order valence-corrected chi connectivity index (χ3v) is 4.68. The van der Waals surface area contributed by atoms with Crippen LogP contribution in [-0.4, -0.2) is 88.0 Å². The van der Waals surface area contributed by atoms with Crippen LogP contribution in [0.1, 0.15) is 17.3 Å². The highest BCUT2D eigenvalue weighted by molar-refractivity contribution is 5.94. The van der Waals surface area contributed by atoms with Crippen LogP contribution >= 0.6 is 0 Å². The van der Waals surface area contributed by atoms with Gasteiger partial charge in [0.15, 0.2) is 0 Å². The van der Waals surface area contributed by atoms with Crippen molar-refractivity contribution in [2.75, 3.05) is 39.3 Å². The van der Waals surface area contributed by atoms with E-state index in [4.69, 9.17) is 0 Å². The van der Waals surface area contributed by atoms with Gasteiger partial charge in [-0.2, -0.15) is 0 Å². The van der Waals surface area contributed by atoms with Gasteiger partial charge in [0.1, 0.15) is 0 Å². The average Bonchev–Trinajstić information content (AvgIpc) is 2.97. The number of amides is 2. The summed E-state index contributed by atoms with van der Waals surface area (Å²) in [5.74, 6) is -0.00738. The Morgan fingerprint density at radius 2 is 1.91 bits per heavy atom. The number of aliphatic hydroxyl groups excluding tert-OH is 1. The molecule has 3 rings (SSSR count). The summed E-state index contributed by atoms with van der Waals surface area (Å²) in [6, 6.07) is 3.41. The lowest BCUT2D eigenvalue weighted by Gasteiger charge is -2.38. The van der Waals surface area contributed by atoms with Crippen molar-refractivity contribution in [1.82, 2.24) is 19.7 Å². The predicted molar refractivity (Wildman–Crippen MR) is 83.8 cm³/mol. The zero-order valence-corrected chi connectivity index (χ0v) is 13.3. The quantitative estimate of drug-likeness (QED) is 0.790. The maximum absolute atomic E-state index is 12.5. The van der Waals surface area contributed by atoms with Gasteiger partial charge in [0.05, 0.1) is 17.7 Å². The molecule has 1 N–H and O–H groups in total. The molecule has 0 bridgehead atoms. The second kappa shape index (κ2) is 6.64. The standard InChI is InChI=1S/C16H22N4O3/c1-12(21)18-5-7-19(8-6-18)14-10-20(11-15(14)22)16(23)13-3-2-4-17-9-13/h2-4,9,14-15,22H,5-8,10-11H2,1H3/t14-,15-/m1/s1. The van der Waals surface area contributed by atoms with Crippen molar-refractivity contribution in [2.45, 2.75) is 19.1 Å². The van der Waals surface area contributed by atoms with Crippen molar-refractivity contribution in [1.29, 1.82) is 0 Å². The molecule has 1 aromatic heterocycles. The molecule has 124 valence electrons. The molecular formula is C16H22N4O3. The Balaban J connectivity index is 1.61. The van der Waals surface area contributed by atoms with E-state index in [0.29, 0.717) is 31.7 Å². The number of β-amino-alcohol motifs (C(OH)–C–C–N with tert-alkyl or cyclic N) is 1. The van der Waals surface area contributed by atoms with E-state index >= 15 is 0 Å². The lowest BCUT2D eigenvalue weighted by molar-refractivity contribution is -0.131. The zero-order chi connectivity index (χ0) is 16.4. The summed E-state index contributed by atoms with van der Waals surface area (Å²) in [5, 5.41) is 10.4. The van der Waals surface area contributed by atoms with Crippen molar-refractivity contribution in [3.05, 3.63) is 30.1 Å². The smallest absolute Gasteiger partial charge is 0.255 e. The lowest BCUT2D eigenvalue weighted by Crippen LogP contribution is -2.54. The van der Waals surface area contributed by atoms with E-state index in [-0.39, 0.29) is 17.9 Å². The molecule has 2 aliphatic heterocycles. The first-order valence-electron chi connectivity index (χ1n) is 7.93. The Bertz CT molecular complexity index is 572. The molecule has 0 aromatic carbocycles. The van der Waals surface area contributed by atoms with Crippen LogP contribution in [0.5, 0.6) is 0 Å². The van der Waals surface area contributed by atoms with Crippen LogP contribution in [0.25, 0.3) is 0 Å². The number of hydrogen-bond donors (Lipinski definition) is 1. The van der Waals surface area contributed by atoms with Gasteiger partial charge in [-0.05, 0) is 12.1 Å². The number of aliphatic hydroxyl groups is 1. The second-order valence-electron chi connectivity index (χ2n) is 6.13. The van der Waals surface area contributed by atoms with Gasteiger partial charge in [0.25, 0.3) is 5.91 Å². The van der Waals surface area contributed by atoms with Crippen LogP contribution in [0.4, 0.5) is 0 Å². The van der Waals surface area contributed by atoms with Crippen LogP contribution in [0, 0.1) is 0 Å². The number of rotatable bonds is 2. The number of pyridine rings is 1. The number of carbonyl (C=O) groups is 2. The fraction of sp³-hybridized carbons (Fsp3) is 0.562. The number of hydrogen-bond acceptors (Lipinski definition) is 5. The highest BCUT2D eigenvalue weighted by atomic mass is 16.3. The molecule has 23 heavy (non-hydrogen) atoms. The molecule has 3 heterocycles. The van der Waals surface area contributed by atoms with Gasteiger partial charge in [0.2, 0.25) is 5.91 Å². The van der Waals surface area contributed by atoms with Gasteiger partial charge in [0, 0.05) is 58.6 Å². The fourth-order valence-electron chi connectivity index (χ4n) is 3.33. The van der Waals surface area contributed by atoms with E-state index in [1.165, 1.54) is 0 Å². The van der Waals surface area contributed by atoms with Gasteiger partial charge >= 0.3 is 0 Å². The summed E-state index contributed by atoms with van der Waals surface area (Å²) in [4.78, 5) is 33.5. The summed E-state index contributed by atoms with van der Waals surface area (Å²) < 4.78 is 0. The summed E-state index contributed by atoms with van der Waals surface area (Å²) in [6.07, 6.45) is 2.63. The monoisotopic (exact) mass is 318 g/mol. The van der Waals surface area contributed by atoms with E-state index in [9.17, 15) is 14.7 Å². The molecule has 7 nitrogen and oxygen atoms in total. The van der Waals surface area contributed by atoms with Gasteiger partial charge in [-0.3, -0.25) is 19.5 Å². The molecule has 1 aromatic rings. The van der Waals surface area contributed by atoms with Crippen LogP contribution in [0.15, 0.2) is 24.5 Å². The highest BCUT2D eigenvalue weighted by Crippen LogP contribution is 2.20. The highest BCUT2D eigenvalue weighted by Gasteiger charge is 2.39. The zero-order valence-electron chi connectivity index (χ0n) is 13.3. The number of nitrogens with zero attached hydrogens (tertiary/aromatic N) is 4. The van der Waals surface area contributed by atoms with Gasteiger partial charge in [-0.15, -0.1) is 0 Å². The second-order valence-corrected chi connectivity index (χ2v) is 6.13. The fourth-order valence-corrected chi connectivity index (χ4v) is 3.33. The summed E-state index contributed by atoms with van der Waals surface area (Å²) in [5.41, 5.74) is 0.543. The van der Waals surface area contributed by atoms with Crippen molar-refractivity contribution in [2.24, 2.45) is 0 Å². The minimum Gasteiger partial charge on any atom is -0.390 e. The molecule has 2 fully saturated rings. The third kappa shape index (κ3) is 3.35. The van der Waals surface area contributed by atoms with Crippen LogP contribution in [0.3, 0.4) is 0 Å². The number of carbonyl (C=O) groups excluding carboxylic acids is 2. The molecule has 0 radical (unpaired) electrons. The minimum absolute atomic E-state index is 0.0651. The first kappa shape index (κ1) is 15.9. The maximum Gasteiger partial charge on any atom is 0.255 e. The van der Waals surface area contributed by atoms with E-state index in [1.54, 1.807) is 36.4 Å². The number of piperazine rings is 1. The van der Waals surface area contributed by atoms with Crippen molar-refractivity contribution in [3.63, 3.8) is 0 Å². The minimum atomic E-state index is -0.556. The summed E-state index contributed by atoms with van der Waals surface area (Å²) >= 11 is 0. The van der Waals surface area contributed by atoms with E-state index in [2.05, 4.69) is 9.88 Å². The topological polar surface area (TPSA) is 77.0 Å². The molecule has 2 amide bonds. The summed E-state index contributed by atoms with van der Waals surface area (Å²) in [6.45, 7) is 5.24. The van der Waals surface area contributed by atoms with E-state index in [0.717, 1.165) is 13.1 Å². The van der Waals surface area contributed by atoms with Crippen LogP contribution in [0.2, 0.25) is 0 Å². The van der Waals surface area contributed by atoms with Crippen LogP contribution < -0.4 is 0 Å². The molecule has 7 heteroatoms. The van der Waals surface area contributed by atoms with Gasteiger partial charge < -0.3 is 14.9 Å². The molecule has 2 aliphatic rings. The van der Waals surface area contributed by atoms with Gasteiger partial charge in [-0.25, -0.2) is 0 Å². The van der Waals surface area contributed by atoms with E-state index < -0.39 is 6.10 Å². The predicted octanol–water partition coefficient (Wildman–Crippen LogP) is -0.569. The largest absolute Gasteiger partial charge is 0.390 e. The third-order valence-electron chi connectivity index (χ3n) is 4.68. The Morgan fingerprint density at radius 3 is 2.52 bits per heavy atom. The number of aromatic nitrogens is 1. The first-order chi connectivity index (χ1) is 11.1. The normalized spacial score (nSPS) is 25.7. The summed E-state index contributed by atoms with van der Waals surface area (Å²) in [7, 11) is 0. The Kier molecular flexibility index (Phi) is 4.58. The van der Waals surface area contributed by atoms with Gasteiger partial charge in [-0.1, -0.05) is 0 Å².